The highest BCUT2D eigenvalue weighted by atomic mass is 19.1. The summed E-state index contributed by atoms with van der Waals surface area (Å²) < 4.78 is 20.9. The van der Waals surface area contributed by atoms with E-state index in [1.165, 1.54) is 6.07 Å². The van der Waals surface area contributed by atoms with E-state index in [-0.39, 0.29) is 12.3 Å². The molecule has 44 heavy (non-hydrogen) atoms. The summed E-state index contributed by atoms with van der Waals surface area (Å²) in [6.45, 7) is 3.43. The normalized spacial score (nSPS) is 17.3. The van der Waals surface area contributed by atoms with Crippen molar-refractivity contribution in [3.8, 4) is 22.8 Å². The molecule has 3 amide bonds. The number of anilines is 1. The summed E-state index contributed by atoms with van der Waals surface area (Å²) in [5, 5.41) is 2.29. The predicted octanol–water partition coefficient (Wildman–Crippen LogP) is 4.62. The monoisotopic (exact) mass is 593 g/mol. The summed E-state index contributed by atoms with van der Waals surface area (Å²) in [5.41, 5.74) is 8.44. The molecule has 0 radical (unpaired) electrons. The lowest BCUT2D eigenvalue weighted by Gasteiger charge is -2.35. The third-order valence-corrected chi connectivity index (χ3v) is 8.03. The van der Waals surface area contributed by atoms with Crippen molar-refractivity contribution in [3.63, 3.8) is 0 Å². The Labute approximate surface area is 254 Å². The van der Waals surface area contributed by atoms with Gasteiger partial charge in [-0.05, 0) is 66.6 Å². The number of benzene rings is 3. The highest BCUT2D eigenvalue weighted by Crippen LogP contribution is 2.30. The van der Waals surface area contributed by atoms with Gasteiger partial charge in [0, 0.05) is 50.3 Å². The van der Waals surface area contributed by atoms with Gasteiger partial charge in [-0.15, -0.1) is 0 Å². The zero-order valence-electron chi connectivity index (χ0n) is 24.0. The molecule has 1 atom stereocenters. The second-order valence-electron chi connectivity index (χ2n) is 11.0. The van der Waals surface area contributed by atoms with E-state index in [1.807, 2.05) is 66.7 Å². The maximum Gasteiger partial charge on any atom is 0.250 e. The number of halogens is 1. The molecular weight excluding hydrogens is 561 g/mol. The van der Waals surface area contributed by atoms with Crippen molar-refractivity contribution >= 4 is 23.5 Å². The molecule has 3 aromatic carbocycles. The van der Waals surface area contributed by atoms with Crippen LogP contribution in [0.5, 0.6) is 11.5 Å². The molecule has 3 N–H and O–H groups in total. The van der Waals surface area contributed by atoms with Gasteiger partial charge in [0.2, 0.25) is 11.8 Å². The molecule has 6 rings (SSSR count). The number of nitrogens with two attached hydrogens (primary N) is 1. The first-order valence-electron chi connectivity index (χ1n) is 14.6. The van der Waals surface area contributed by atoms with E-state index in [9.17, 15) is 18.8 Å². The summed E-state index contributed by atoms with van der Waals surface area (Å²) in [4.78, 5) is 45.1. The number of aromatic nitrogens is 1. The van der Waals surface area contributed by atoms with Crippen LogP contribution in [0.25, 0.3) is 11.3 Å². The maximum atomic E-state index is 15.0. The fraction of sp³-hybridized carbons (Fsp3) is 0.235. The lowest BCUT2D eigenvalue weighted by atomic mass is 9.89. The minimum Gasteiger partial charge on any atom is -0.457 e. The van der Waals surface area contributed by atoms with E-state index in [4.69, 9.17) is 15.5 Å². The van der Waals surface area contributed by atoms with E-state index >= 15 is 0 Å². The minimum atomic E-state index is -0.649. The summed E-state index contributed by atoms with van der Waals surface area (Å²) in [5.74, 6) is -0.256. The van der Waals surface area contributed by atoms with E-state index in [1.54, 1.807) is 12.1 Å². The molecule has 0 bridgehead atoms. The molecule has 0 spiro atoms. The molecule has 0 saturated carbocycles. The highest BCUT2D eigenvalue weighted by Gasteiger charge is 2.30. The first-order valence-corrected chi connectivity index (χ1v) is 14.6. The van der Waals surface area contributed by atoms with Gasteiger partial charge in [-0.2, -0.15) is 0 Å². The minimum absolute atomic E-state index is 0.208. The predicted molar refractivity (Wildman–Crippen MR) is 164 cm³/mol. The van der Waals surface area contributed by atoms with E-state index in [2.05, 4.69) is 15.1 Å². The molecule has 0 aliphatic carbocycles. The van der Waals surface area contributed by atoms with Gasteiger partial charge in [0.25, 0.3) is 5.91 Å². The van der Waals surface area contributed by atoms with Crippen molar-refractivity contribution in [2.24, 2.45) is 5.73 Å². The molecule has 9 nitrogen and oxygen atoms in total. The molecular formula is C34H32FN5O4. The van der Waals surface area contributed by atoms with Crippen LogP contribution in [0.3, 0.4) is 0 Å². The Hall–Kier alpha value is -5.09. The number of rotatable bonds is 8. The number of piperidine rings is 1. The highest BCUT2D eigenvalue weighted by molar-refractivity contribution is 6.01. The first kappa shape index (κ1) is 29.0. The fourth-order valence-electron chi connectivity index (χ4n) is 5.68. The molecule has 4 aromatic rings. The summed E-state index contributed by atoms with van der Waals surface area (Å²) in [6.07, 6.45) is 0.520. The molecule has 1 aromatic heterocycles. The van der Waals surface area contributed by atoms with Crippen LogP contribution in [-0.4, -0.2) is 53.8 Å². The third-order valence-electron chi connectivity index (χ3n) is 8.03. The second kappa shape index (κ2) is 12.6. The van der Waals surface area contributed by atoms with Crippen LogP contribution in [0.4, 0.5) is 10.2 Å². The molecule has 2 fully saturated rings. The quantitative estimate of drug-likeness (QED) is 0.286. The average Bonchev–Trinajstić information content (AvgIpc) is 3.03. The van der Waals surface area contributed by atoms with Gasteiger partial charge in [-0.25, -0.2) is 9.37 Å². The fourth-order valence-corrected chi connectivity index (χ4v) is 5.68. The molecule has 3 heterocycles. The standard InChI is InChI=1S/C34H32FN5O4/c35-29-20-22(6-11-26(29)27-13-15-31(41)38-34(27)43)21-39-16-18-40(19-17-39)30-14-12-28(33(36)42)32(37-30)23-7-9-25(10-8-23)44-24-4-2-1-3-5-24/h1-12,14,20,27H,13,15-19,21H2,(H2,36,42)(H,38,41,43). The van der Waals surface area contributed by atoms with Crippen LogP contribution in [0.15, 0.2) is 84.9 Å². The van der Waals surface area contributed by atoms with Gasteiger partial charge >= 0.3 is 0 Å². The Morgan fingerprint density at radius 3 is 2.34 bits per heavy atom. The van der Waals surface area contributed by atoms with Crippen LogP contribution < -0.4 is 20.7 Å². The number of nitrogens with zero attached hydrogens (tertiary/aromatic N) is 3. The number of hydrogen-bond acceptors (Lipinski definition) is 7. The Balaban J connectivity index is 1.11. The smallest absolute Gasteiger partial charge is 0.250 e. The third kappa shape index (κ3) is 6.45. The summed E-state index contributed by atoms with van der Waals surface area (Å²) in [6, 6.07) is 25.4. The van der Waals surface area contributed by atoms with Gasteiger partial charge < -0.3 is 15.4 Å². The molecule has 2 aliphatic rings. The lowest BCUT2D eigenvalue weighted by molar-refractivity contribution is -0.134. The number of primary amides is 1. The molecule has 2 aliphatic heterocycles. The number of ether oxygens (including phenoxy) is 1. The number of pyridine rings is 1. The molecule has 224 valence electrons. The van der Waals surface area contributed by atoms with Crippen LogP contribution in [0.2, 0.25) is 0 Å². The number of imide groups is 1. The van der Waals surface area contributed by atoms with Crippen molar-refractivity contribution in [1.29, 1.82) is 0 Å². The summed E-state index contributed by atoms with van der Waals surface area (Å²) in [7, 11) is 0. The molecule has 10 heteroatoms. The number of hydrogen-bond donors (Lipinski definition) is 2. The largest absolute Gasteiger partial charge is 0.457 e. The number of carbonyl (C=O) groups is 3. The van der Waals surface area contributed by atoms with Crippen molar-refractivity contribution < 1.29 is 23.5 Å². The first-order chi connectivity index (χ1) is 21.3. The van der Waals surface area contributed by atoms with Crippen LogP contribution in [0.1, 0.15) is 40.2 Å². The van der Waals surface area contributed by atoms with Crippen molar-refractivity contribution in [2.75, 3.05) is 31.1 Å². The summed E-state index contributed by atoms with van der Waals surface area (Å²) >= 11 is 0. The van der Waals surface area contributed by atoms with E-state index in [0.29, 0.717) is 48.6 Å². The lowest BCUT2D eigenvalue weighted by Crippen LogP contribution is -2.46. The zero-order valence-corrected chi connectivity index (χ0v) is 24.0. The number of piperazine rings is 1. The van der Waals surface area contributed by atoms with Crippen LogP contribution in [-0.2, 0) is 16.1 Å². The zero-order chi connectivity index (χ0) is 30.6. The van der Waals surface area contributed by atoms with Gasteiger partial charge in [0.1, 0.15) is 23.1 Å². The Kier molecular flexibility index (Phi) is 8.33. The SMILES string of the molecule is NC(=O)c1ccc(N2CCN(Cc3ccc(C4CCC(=O)NC4=O)c(F)c3)CC2)nc1-c1ccc(Oc2ccccc2)cc1. The maximum absolute atomic E-state index is 15.0. The topological polar surface area (TPSA) is 118 Å². The van der Waals surface area contributed by atoms with E-state index in [0.717, 1.165) is 35.8 Å². The molecule has 1 unspecified atom stereocenters. The number of carbonyl (C=O) groups excluding carboxylic acids is 3. The van der Waals surface area contributed by atoms with Crippen molar-refractivity contribution in [3.05, 3.63) is 107 Å². The van der Waals surface area contributed by atoms with Crippen LogP contribution in [0, 0.1) is 5.82 Å². The molecule has 2 saturated heterocycles. The van der Waals surface area contributed by atoms with Gasteiger partial charge in [-0.3, -0.25) is 24.6 Å². The Bertz CT molecular complexity index is 1690. The average molecular weight is 594 g/mol. The number of amides is 3. The Morgan fingerprint density at radius 1 is 0.932 bits per heavy atom. The van der Waals surface area contributed by atoms with Crippen molar-refractivity contribution in [1.82, 2.24) is 15.2 Å². The van der Waals surface area contributed by atoms with Crippen molar-refractivity contribution in [2.45, 2.75) is 25.3 Å². The van der Waals surface area contributed by atoms with Gasteiger partial charge in [0.05, 0.1) is 17.2 Å². The number of nitrogens with one attached hydrogen (secondary N) is 1. The van der Waals surface area contributed by atoms with E-state index < -0.39 is 23.5 Å². The van der Waals surface area contributed by atoms with Gasteiger partial charge in [0.15, 0.2) is 0 Å². The second-order valence-corrected chi connectivity index (χ2v) is 11.0. The van der Waals surface area contributed by atoms with Gasteiger partial charge in [-0.1, -0.05) is 30.3 Å². The van der Waals surface area contributed by atoms with Crippen LogP contribution >= 0.6 is 0 Å². The Morgan fingerprint density at radius 2 is 1.66 bits per heavy atom. The number of para-hydroxylation sites is 1.